The highest BCUT2D eigenvalue weighted by molar-refractivity contribution is 7.89. The summed E-state index contributed by atoms with van der Waals surface area (Å²) in [7, 11) is -1.26. The number of carboxylic acid groups (broad SMARTS) is 1. The molecule has 9 nitrogen and oxygen atoms in total. The second-order valence-electron chi connectivity index (χ2n) is 9.12. The lowest BCUT2D eigenvalue weighted by molar-refractivity contribution is -0.192. The minimum Gasteiger partial charge on any atom is -0.475 e. The van der Waals surface area contributed by atoms with E-state index in [1.54, 1.807) is 11.2 Å². The Morgan fingerprint density at radius 3 is 2.33 bits per heavy atom. The SMILES string of the molecule is CCS(=O)(=O)N1CCC(c2c[nH]c3c(C(N)=O)cc(-c4ccccc4CNC)cc23)CC1.O=C(O)C(F)(F)F. The molecular weight excluding hydrogens is 537 g/mol. The number of alkyl halides is 3. The number of carbonyl (C=O) groups is 2. The highest BCUT2D eigenvalue weighted by Crippen LogP contribution is 2.37. The van der Waals surface area contributed by atoms with Crippen LogP contribution in [-0.4, -0.2) is 66.8 Å². The number of nitrogens with zero attached hydrogens (tertiary/aromatic N) is 1. The van der Waals surface area contributed by atoms with Crippen LogP contribution in [0, 0.1) is 0 Å². The Labute approximate surface area is 224 Å². The number of halogens is 3. The van der Waals surface area contributed by atoms with Gasteiger partial charge in [0.05, 0.1) is 16.8 Å². The lowest BCUT2D eigenvalue weighted by Gasteiger charge is -2.31. The van der Waals surface area contributed by atoms with Gasteiger partial charge in [-0.25, -0.2) is 17.5 Å². The molecule has 1 amide bonds. The van der Waals surface area contributed by atoms with Crippen molar-refractivity contribution in [3.63, 3.8) is 0 Å². The second-order valence-corrected chi connectivity index (χ2v) is 11.4. The van der Waals surface area contributed by atoms with Crippen LogP contribution in [0.1, 0.15) is 47.2 Å². The van der Waals surface area contributed by atoms with E-state index < -0.39 is 28.1 Å². The number of fused-ring (bicyclic) bond motifs is 1. The van der Waals surface area contributed by atoms with Crippen molar-refractivity contribution in [2.24, 2.45) is 5.73 Å². The standard InChI is InChI=1S/C24H30N4O3S.C2HF3O2/c1-3-32(30,31)28-10-8-16(9-11-28)22-15-27-23-20(22)12-18(13-21(23)24(25)29)19-7-5-4-6-17(19)14-26-2;3-2(4,5)1(6)7/h4-7,12-13,15-16,26-27H,3,8-11,14H2,1-2H3,(H2,25,29);(H,6,7). The zero-order valence-electron chi connectivity index (χ0n) is 21.5. The molecule has 1 aliphatic heterocycles. The van der Waals surface area contributed by atoms with Crippen LogP contribution in [0.2, 0.25) is 0 Å². The number of carboxylic acids is 1. The van der Waals surface area contributed by atoms with Gasteiger partial charge in [-0.05, 0) is 67.1 Å². The third-order valence-electron chi connectivity index (χ3n) is 6.68. The van der Waals surface area contributed by atoms with E-state index in [2.05, 4.69) is 28.5 Å². The topological polar surface area (TPSA) is 146 Å². The minimum absolute atomic E-state index is 0.127. The van der Waals surface area contributed by atoms with Crippen molar-refractivity contribution in [3.05, 3.63) is 59.3 Å². The molecule has 4 rings (SSSR count). The number of sulfonamides is 1. The largest absolute Gasteiger partial charge is 0.490 e. The van der Waals surface area contributed by atoms with Gasteiger partial charge < -0.3 is 21.1 Å². The van der Waals surface area contributed by atoms with Gasteiger partial charge >= 0.3 is 12.1 Å². The van der Waals surface area contributed by atoms with Crippen molar-refractivity contribution < 1.29 is 36.3 Å². The van der Waals surface area contributed by atoms with Crippen LogP contribution < -0.4 is 11.1 Å². The van der Waals surface area contributed by atoms with Crippen LogP contribution in [0.25, 0.3) is 22.0 Å². The zero-order valence-corrected chi connectivity index (χ0v) is 22.3. The van der Waals surface area contributed by atoms with Gasteiger partial charge in [-0.15, -0.1) is 0 Å². The molecule has 0 spiro atoms. The summed E-state index contributed by atoms with van der Waals surface area (Å²) in [6, 6.07) is 12.1. The molecule has 1 saturated heterocycles. The van der Waals surface area contributed by atoms with E-state index in [1.807, 2.05) is 31.4 Å². The molecule has 39 heavy (non-hydrogen) atoms. The number of rotatable bonds is 7. The Hall–Kier alpha value is -3.42. The fourth-order valence-corrected chi connectivity index (χ4v) is 5.85. The number of aromatic nitrogens is 1. The normalized spacial score (nSPS) is 15.1. The summed E-state index contributed by atoms with van der Waals surface area (Å²) in [6.07, 6.45) is -1.63. The second kappa shape index (κ2) is 12.2. The fourth-order valence-electron chi connectivity index (χ4n) is 4.71. The van der Waals surface area contributed by atoms with E-state index in [4.69, 9.17) is 15.6 Å². The van der Waals surface area contributed by atoms with Gasteiger partial charge in [-0.3, -0.25) is 4.79 Å². The van der Waals surface area contributed by atoms with E-state index in [-0.39, 0.29) is 11.7 Å². The maximum absolute atomic E-state index is 12.3. The number of hydrogen-bond donors (Lipinski definition) is 4. The molecule has 1 aromatic heterocycles. The summed E-state index contributed by atoms with van der Waals surface area (Å²) < 4.78 is 57.8. The first-order valence-electron chi connectivity index (χ1n) is 12.3. The number of amides is 1. The third kappa shape index (κ3) is 6.97. The first-order valence-corrected chi connectivity index (χ1v) is 13.9. The lowest BCUT2D eigenvalue weighted by Crippen LogP contribution is -2.38. The molecule has 2 heterocycles. The van der Waals surface area contributed by atoms with Crippen molar-refractivity contribution in [1.29, 1.82) is 0 Å². The van der Waals surface area contributed by atoms with Crippen LogP contribution in [0.4, 0.5) is 13.2 Å². The summed E-state index contributed by atoms with van der Waals surface area (Å²) in [5, 5.41) is 11.3. The molecule has 212 valence electrons. The lowest BCUT2D eigenvalue weighted by atomic mass is 9.88. The Bertz CT molecular complexity index is 1450. The molecule has 3 aromatic rings. The molecule has 5 N–H and O–H groups in total. The fraction of sp³-hybridized carbons (Fsp3) is 0.385. The molecule has 0 unspecified atom stereocenters. The Morgan fingerprint density at radius 2 is 1.79 bits per heavy atom. The van der Waals surface area contributed by atoms with Gasteiger partial charge in [0.25, 0.3) is 5.91 Å². The Kier molecular flexibility index (Phi) is 9.41. The van der Waals surface area contributed by atoms with Gasteiger partial charge in [-0.2, -0.15) is 13.2 Å². The molecule has 0 saturated carbocycles. The number of nitrogens with two attached hydrogens (primary N) is 1. The molecule has 0 atom stereocenters. The minimum atomic E-state index is -5.08. The van der Waals surface area contributed by atoms with Crippen molar-refractivity contribution >= 4 is 32.8 Å². The molecule has 0 bridgehead atoms. The van der Waals surface area contributed by atoms with Crippen molar-refractivity contribution in [3.8, 4) is 11.1 Å². The van der Waals surface area contributed by atoms with E-state index in [0.29, 0.717) is 25.2 Å². The van der Waals surface area contributed by atoms with E-state index in [1.165, 1.54) is 0 Å². The molecule has 1 aliphatic rings. The highest BCUT2D eigenvalue weighted by atomic mass is 32.2. The van der Waals surface area contributed by atoms with Crippen LogP contribution in [0.15, 0.2) is 42.6 Å². The molecule has 0 radical (unpaired) electrons. The number of nitrogens with one attached hydrogen (secondary N) is 2. The summed E-state index contributed by atoms with van der Waals surface area (Å²) >= 11 is 0. The summed E-state index contributed by atoms with van der Waals surface area (Å²) in [5.41, 5.74) is 11.2. The number of H-pyrrole nitrogens is 1. The first kappa shape index (κ1) is 30.1. The number of aliphatic carboxylic acids is 1. The predicted octanol–water partition coefficient (Wildman–Crippen LogP) is 3.82. The molecule has 13 heteroatoms. The highest BCUT2D eigenvalue weighted by Gasteiger charge is 2.38. The average molecular weight is 569 g/mol. The monoisotopic (exact) mass is 568 g/mol. The number of aromatic amines is 1. The average Bonchev–Trinajstić information content (AvgIpc) is 3.32. The maximum Gasteiger partial charge on any atom is 0.490 e. The Morgan fingerprint density at radius 1 is 1.18 bits per heavy atom. The molecule has 2 aromatic carbocycles. The predicted molar refractivity (Wildman–Crippen MR) is 142 cm³/mol. The van der Waals surface area contributed by atoms with Crippen LogP contribution >= 0.6 is 0 Å². The van der Waals surface area contributed by atoms with Gasteiger partial charge in [0, 0.05) is 31.2 Å². The zero-order chi connectivity index (χ0) is 29.0. The van der Waals surface area contributed by atoms with Gasteiger partial charge in [0.15, 0.2) is 0 Å². The van der Waals surface area contributed by atoms with Crippen molar-refractivity contribution in [2.75, 3.05) is 25.9 Å². The van der Waals surface area contributed by atoms with Crippen LogP contribution in [-0.2, 0) is 21.4 Å². The molecule has 1 fully saturated rings. The Balaban J connectivity index is 0.000000532. The number of primary amides is 1. The van der Waals surface area contributed by atoms with Crippen molar-refractivity contribution in [2.45, 2.75) is 38.4 Å². The van der Waals surface area contributed by atoms with Gasteiger partial charge in [-0.1, -0.05) is 24.3 Å². The van der Waals surface area contributed by atoms with Gasteiger partial charge in [0.2, 0.25) is 10.0 Å². The summed E-state index contributed by atoms with van der Waals surface area (Å²) in [4.78, 5) is 24.5. The number of hydrogen-bond acceptors (Lipinski definition) is 5. The first-order chi connectivity index (χ1) is 18.3. The summed E-state index contributed by atoms with van der Waals surface area (Å²) in [5.74, 6) is -2.88. The maximum atomic E-state index is 12.3. The van der Waals surface area contributed by atoms with Crippen LogP contribution in [0.3, 0.4) is 0 Å². The molecular formula is C26H31F3N4O5S. The smallest absolute Gasteiger partial charge is 0.475 e. The van der Waals surface area contributed by atoms with E-state index >= 15 is 0 Å². The van der Waals surface area contributed by atoms with Gasteiger partial charge in [0.1, 0.15) is 0 Å². The van der Waals surface area contributed by atoms with E-state index in [9.17, 15) is 26.4 Å². The van der Waals surface area contributed by atoms with Crippen LogP contribution in [0.5, 0.6) is 0 Å². The summed E-state index contributed by atoms with van der Waals surface area (Å²) in [6.45, 7) is 3.42. The number of piperidine rings is 1. The third-order valence-corrected chi connectivity index (χ3v) is 8.56. The molecule has 0 aliphatic carbocycles. The quantitative estimate of drug-likeness (QED) is 0.341. The number of benzene rings is 2. The van der Waals surface area contributed by atoms with Crippen molar-refractivity contribution in [1.82, 2.24) is 14.6 Å². The van der Waals surface area contributed by atoms with E-state index in [0.717, 1.165) is 46.0 Å². The number of carbonyl (C=O) groups excluding carboxylic acids is 1.